The van der Waals surface area contributed by atoms with E-state index in [0.717, 1.165) is 19.1 Å². The van der Waals surface area contributed by atoms with Gasteiger partial charge in [-0.1, -0.05) is 6.08 Å². The molecule has 1 atom stereocenters. The third-order valence-corrected chi connectivity index (χ3v) is 1.80. The lowest BCUT2D eigenvalue weighted by Crippen LogP contribution is -2.27. The van der Waals surface area contributed by atoms with E-state index in [-0.39, 0.29) is 0 Å². The highest BCUT2D eigenvalue weighted by Crippen LogP contribution is 2.06. The van der Waals surface area contributed by atoms with Gasteiger partial charge < -0.3 is 9.69 Å². The Kier molecular flexibility index (Phi) is 5.75. The first-order valence-electron chi connectivity index (χ1n) is 3.93. The van der Waals surface area contributed by atoms with Crippen molar-refractivity contribution in [2.24, 2.45) is 0 Å². The van der Waals surface area contributed by atoms with E-state index >= 15 is 0 Å². The van der Waals surface area contributed by atoms with E-state index in [1.54, 1.807) is 0 Å². The molecule has 0 aromatic rings. The summed E-state index contributed by atoms with van der Waals surface area (Å²) in [5.41, 5.74) is 0. The van der Waals surface area contributed by atoms with Crippen LogP contribution in [0.25, 0.3) is 0 Å². The van der Waals surface area contributed by atoms with E-state index < -0.39 is 0 Å². The number of hydrogen-bond acceptors (Lipinski definition) is 2. The number of rotatable bonds is 6. The molecule has 0 saturated carbocycles. The van der Waals surface area contributed by atoms with E-state index in [0.29, 0.717) is 12.5 Å². The van der Waals surface area contributed by atoms with Crippen molar-refractivity contribution in [3.8, 4) is 0 Å². The Morgan fingerprint density at radius 2 is 2.18 bits per heavy atom. The number of nitrogens with zero attached hydrogens (tertiary/aromatic N) is 1. The molecule has 0 heterocycles. The van der Waals surface area contributed by atoms with E-state index in [1.807, 2.05) is 20.2 Å². The van der Waals surface area contributed by atoms with Crippen LogP contribution in [-0.4, -0.2) is 31.3 Å². The summed E-state index contributed by atoms with van der Waals surface area (Å²) in [6.45, 7) is 3.65. The third-order valence-electron chi connectivity index (χ3n) is 1.80. The van der Waals surface area contributed by atoms with Gasteiger partial charge in [0.05, 0.1) is 0 Å². The van der Waals surface area contributed by atoms with Gasteiger partial charge in [0.2, 0.25) is 0 Å². The maximum atomic E-state index is 10.2. The summed E-state index contributed by atoms with van der Waals surface area (Å²) < 4.78 is 0. The monoisotopic (exact) mass is 155 g/mol. The molecular weight excluding hydrogens is 138 g/mol. The summed E-state index contributed by atoms with van der Waals surface area (Å²) in [6, 6.07) is 0.380. The molecule has 1 unspecified atom stereocenters. The largest absolute Gasteiger partial charge is 0.306 e. The molecular formula is C9H17NO. The Morgan fingerprint density at radius 1 is 1.55 bits per heavy atom. The molecule has 0 amide bonds. The summed E-state index contributed by atoms with van der Waals surface area (Å²) >= 11 is 0. The molecule has 0 aliphatic rings. The van der Waals surface area contributed by atoms with Crippen LogP contribution in [0.4, 0.5) is 0 Å². The van der Waals surface area contributed by atoms with Gasteiger partial charge in [0.1, 0.15) is 6.29 Å². The van der Waals surface area contributed by atoms with Crippen LogP contribution in [-0.2, 0) is 4.79 Å². The van der Waals surface area contributed by atoms with Gasteiger partial charge in [-0.05, 0) is 26.9 Å². The molecule has 11 heavy (non-hydrogen) atoms. The van der Waals surface area contributed by atoms with Gasteiger partial charge in [0, 0.05) is 12.5 Å². The quantitative estimate of drug-likeness (QED) is 0.427. The summed E-state index contributed by atoms with van der Waals surface area (Å²) in [4.78, 5) is 12.3. The first-order chi connectivity index (χ1) is 5.22. The molecule has 2 heteroatoms. The molecule has 0 spiro atoms. The second-order valence-electron chi connectivity index (χ2n) is 2.89. The summed E-state index contributed by atoms with van der Waals surface area (Å²) in [7, 11) is 3.99. The molecule has 0 N–H and O–H groups in total. The lowest BCUT2D eigenvalue weighted by atomic mass is 10.1. The number of allylic oxidation sites excluding steroid dienone is 1. The van der Waals surface area contributed by atoms with Crippen molar-refractivity contribution < 1.29 is 4.79 Å². The first kappa shape index (κ1) is 10.4. The summed E-state index contributed by atoms with van der Waals surface area (Å²) in [5.74, 6) is 0. The normalized spacial score (nSPS) is 13.0. The molecule has 0 radical (unpaired) electrons. The SMILES string of the molecule is C=CCCC(CC=O)N(C)C. The maximum Gasteiger partial charge on any atom is 0.121 e. The number of carbonyl (C=O) groups excluding carboxylic acids is 1. The van der Waals surface area contributed by atoms with E-state index in [2.05, 4.69) is 11.5 Å². The highest BCUT2D eigenvalue weighted by Gasteiger charge is 2.08. The zero-order chi connectivity index (χ0) is 8.69. The maximum absolute atomic E-state index is 10.2. The standard InChI is InChI=1S/C9H17NO/c1-4-5-6-9(7-8-11)10(2)3/h4,8-9H,1,5-7H2,2-3H3. The van der Waals surface area contributed by atoms with Crippen molar-refractivity contribution in [2.75, 3.05) is 14.1 Å². The number of hydrogen-bond donors (Lipinski definition) is 0. The molecule has 2 nitrogen and oxygen atoms in total. The van der Waals surface area contributed by atoms with Crippen LogP contribution in [0.3, 0.4) is 0 Å². The predicted molar refractivity (Wildman–Crippen MR) is 47.6 cm³/mol. The molecule has 0 fully saturated rings. The zero-order valence-electron chi connectivity index (χ0n) is 7.42. The molecule has 0 aromatic heterocycles. The lowest BCUT2D eigenvalue weighted by molar-refractivity contribution is -0.108. The second kappa shape index (κ2) is 6.10. The van der Waals surface area contributed by atoms with Crippen LogP contribution in [0.1, 0.15) is 19.3 Å². The van der Waals surface area contributed by atoms with Crippen LogP contribution < -0.4 is 0 Å². The lowest BCUT2D eigenvalue weighted by Gasteiger charge is -2.21. The highest BCUT2D eigenvalue weighted by molar-refractivity contribution is 5.50. The van der Waals surface area contributed by atoms with Gasteiger partial charge in [0.25, 0.3) is 0 Å². The predicted octanol–water partition coefficient (Wildman–Crippen LogP) is 1.47. The molecule has 0 saturated heterocycles. The van der Waals surface area contributed by atoms with E-state index in [4.69, 9.17) is 0 Å². The minimum Gasteiger partial charge on any atom is -0.306 e. The smallest absolute Gasteiger partial charge is 0.121 e. The minimum absolute atomic E-state index is 0.380. The van der Waals surface area contributed by atoms with Crippen molar-refractivity contribution in [1.82, 2.24) is 4.90 Å². The van der Waals surface area contributed by atoms with Gasteiger partial charge in [-0.15, -0.1) is 6.58 Å². The fourth-order valence-corrected chi connectivity index (χ4v) is 1.01. The molecule has 0 aliphatic heterocycles. The Morgan fingerprint density at radius 3 is 2.55 bits per heavy atom. The van der Waals surface area contributed by atoms with Crippen molar-refractivity contribution >= 4 is 6.29 Å². The van der Waals surface area contributed by atoms with Gasteiger partial charge in [-0.3, -0.25) is 0 Å². The van der Waals surface area contributed by atoms with Crippen LogP contribution in [0.15, 0.2) is 12.7 Å². The van der Waals surface area contributed by atoms with Crippen molar-refractivity contribution in [2.45, 2.75) is 25.3 Å². The van der Waals surface area contributed by atoms with Crippen molar-refractivity contribution in [3.63, 3.8) is 0 Å². The van der Waals surface area contributed by atoms with Crippen molar-refractivity contribution in [1.29, 1.82) is 0 Å². The van der Waals surface area contributed by atoms with Crippen LogP contribution in [0, 0.1) is 0 Å². The van der Waals surface area contributed by atoms with E-state index in [1.165, 1.54) is 0 Å². The minimum atomic E-state index is 0.380. The summed E-state index contributed by atoms with van der Waals surface area (Å²) in [6.07, 6.45) is 5.50. The van der Waals surface area contributed by atoms with E-state index in [9.17, 15) is 4.79 Å². The summed E-state index contributed by atoms with van der Waals surface area (Å²) in [5, 5.41) is 0. The Bertz CT molecular complexity index is 121. The Balaban J connectivity index is 3.68. The van der Waals surface area contributed by atoms with Crippen LogP contribution in [0.2, 0.25) is 0 Å². The van der Waals surface area contributed by atoms with Gasteiger partial charge >= 0.3 is 0 Å². The van der Waals surface area contributed by atoms with Crippen molar-refractivity contribution in [3.05, 3.63) is 12.7 Å². The average molecular weight is 155 g/mol. The topological polar surface area (TPSA) is 20.3 Å². The molecule has 0 aliphatic carbocycles. The molecule has 0 bridgehead atoms. The van der Waals surface area contributed by atoms with Crippen LogP contribution >= 0.6 is 0 Å². The number of carbonyl (C=O) groups is 1. The van der Waals surface area contributed by atoms with Gasteiger partial charge in [-0.2, -0.15) is 0 Å². The second-order valence-corrected chi connectivity index (χ2v) is 2.89. The third kappa shape index (κ3) is 4.73. The molecule has 0 aromatic carbocycles. The highest BCUT2D eigenvalue weighted by atomic mass is 16.1. The Labute approximate surface area is 68.9 Å². The molecule has 0 rings (SSSR count). The van der Waals surface area contributed by atoms with Gasteiger partial charge in [0.15, 0.2) is 0 Å². The molecule has 64 valence electrons. The van der Waals surface area contributed by atoms with Crippen LogP contribution in [0.5, 0.6) is 0 Å². The fourth-order valence-electron chi connectivity index (χ4n) is 1.01. The first-order valence-corrected chi connectivity index (χ1v) is 3.93. The number of aldehydes is 1. The Hall–Kier alpha value is -0.630. The average Bonchev–Trinajstić information content (AvgIpc) is 1.97. The van der Waals surface area contributed by atoms with Gasteiger partial charge in [-0.25, -0.2) is 0 Å². The fraction of sp³-hybridized carbons (Fsp3) is 0.667. The zero-order valence-corrected chi connectivity index (χ0v) is 7.42.